The van der Waals surface area contributed by atoms with Gasteiger partial charge in [-0.3, -0.25) is 24.7 Å². The molecule has 1 atom stereocenters. The van der Waals surface area contributed by atoms with E-state index in [1.54, 1.807) is 23.0 Å². The minimum Gasteiger partial charge on any atom is -0.497 e. The molecule has 0 aliphatic carbocycles. The predicted molar refractivity (Wildman–Crippen MR) is 125 cm³/mol. The van der Waals surface area contributed by atoms with Crippen molar-refractivity contribution in [1.29, 1.82) is 0 Å². The summed E-state index contributed by atoms with van der Waals surface area (Å²) in [6.45, 7) is 1.28. The monoisotopic (exact) mass is 478 g/mol. The molecular formula is C23H22N6O4S. The van der Waals surface area contributed by atoms with E-state index in [0.29, 0.717) is 36.9 Å². The lowest BCUT2D eigenvalue weighted by molar-refractivity contribution is -0.136. The molecule has 10 nitrogen and oxygen atoms in total. The average molecular weight is 479 g/mol. The van der Waals surface area contributed by atoms with E-state index in [1.807, 2.05) is 18.2 Å². The van der Waals surface area contributed by atoms with Gasteiger partial charge in [-0.05, 0) is 12.1 Å². The van der Waals surface area contributed by atoms with Crippen molar-refractivity contribution >= 4 is 39.9 Å². The molecule has 1 aromatic carbocycles. The zero-order chi connectivity index (χ0) is 23.7. The van der Waals surface area contributed by atoms with E-state index in [2.05, 4.69) is 20.3 Å². The van der Waals surface area contributed by atoms with Crippen LogP contribution in [-0.2, 0) is 22.6 Å². The van der Waals surface area contributed by atoms with Crippen molar-refractivity contribution in [2.45, 2.75) is 19.4 Å². The minimum absolute atomic E-state index is 0.0389. The fourth-order valence-electron chi connectivity index (χ4n) is 4.17. The van der Waals surface area contributed by atoms with Crippen LogP contribution in [0.1, 0.15) is 27.5 Å². The van der Waals surface area contributed by atoms with Crippen molar-refractivity contribution in [3.8, 4) is 5.75 Å². The highest BCUT2D eigenvalue weighted by molar-refractivity contribution is 7.15. The Labute approximate surface area is 199 Å². The summed E-state index contributed by atoms with van der Waals surface area (Å²) in [5.74, 6) is -0.228. The van der Waals surface area contributed by atoms with Crippen molar-refractivity contribution in [3.05, 3.63) is 59.1 Å². The third kappa shape index (κ3) is 4.34. The highest BCUT2D eigenvalue weighted by atomic mass is 32.1. The summed E-state index contributed by atoms with van der Waals surface area (Å²) in [4.78, 5) is 55.0. The van der Waals surface area contributed by atoms with Crippen LogP contribution in [0.4, 0.5) is 10.8 Å². The number of carbonyl (C=O) groups excluding carboxylic acids is 3. The van der Waals surface area contributed by atoms with E-state index in [4.69, 9.17) is 4.74 Å². The molecule has 174 valence electrons. The molecule has 1 saturated heterocycles. The zero-order valence-electron chi connectivity index (χ0n) is 18.4. The van der Waals surface area contributed by atoms with Crippen LogP contribution in [0.15, 0.2) is 42.9 Å². The molecule has 0 bridgehead atoms. The number of hydrogen-bond acceptors (Lipinski definition) is 8. The van der Waals surface area contributed by atoms with E-state index >= 15 is 0 Å². The predicted octanol–water partition coefficient (Wildman–Crippen LogP) is 2.13. The second kappa shape index (κ2) is 9.18. The summed E-state index contributed by atoms with van der Waals surface area (Å²) in [5.41, 5.74) is 1.81. The number of anilines is 2. The molecule has 1 unspecified atom stereocenters. The molecule has 5 rings (SSSR count). The smallest absolute Gasteiger partial charge is 0.277 e. The Hall–Kier alpha value is -3.86. The SMILES string of the molecule is COc1cccc(N2CC(C(=O)N3CCc4nc(NC(=O)c5cnccn5)sc4C3)CC2=O)c1. The first-order valence-corrected chi connectivity index (χ1v) is 11.6. The maximum absolute atomic E-state index is 13.2. The van der Waals surface area contributed by atoms with Gasteiger partial charge in [0.1, 0.15) is 11.4 Å². The van der Waals surface area contributed by atoms with Crippen LogP contribution in [0, 0.1) is 5.92 Å². The largest absolute Gasteiger partial charge is 0.497 e. The van der Waals surface area contributed by atoms with Crippen LogP contribution in [0.3, 0.4) is 0 Å². The summed E-state index contributed by atoms with van der Waals surface area (Å²) in [5, 5.41) is 3.22. The molecule has 2 aromatic heterocycles. The first kappa shape index (κ1) is 22.0. The topological polar surface area (TPSA) is 118 Å². The molecule has 3 aromatic rings. The number of nitrogens with one attached hydrogen (secondary N) is 1. The minimum atomic E-state index is -0.399. The number of carbonyl (C=O) groups is 3. The molecule has 0 saturated carbocycles. The van der Waals surface area contributed by atoms with Crippen molar-refractivity contribution < 1.29 is 19.1 Å². The lowest BCUT2D eigenvalue weighted by Gasteiger charge is -2.28. The van der Waals surface area contributed by atoms with Crippen molar-refractivity contribution in [2.24, 2.45) is 5.92 Å². The van der Waals surface area contributed by atoms with Crippen LogP contribution < -0.4 is 15.0 Å². The van der Waals surface area contributed by atoms with Gasteiger partial charge in [-0.25, -0.2) is 9.97 Å². The number of hydrogen-bond donors (Lipinski definition) is 1. The molecule has 1 N–H and O–H groups in total. The quantitative estimate of drug-likeness (QED) is 0.597. The molecule has 2 aliphatic rings. The van der Waals surface area contributed by atoms with Gasteiger partial charge >= 0.3 is 0 Å². The Kier molecular flexibility index (Phi) is 5.93. The van der Waals surface area contributed by atoms with Crippen LogP contribution in [0.25, 0.3) is 0 Å². The second-order valence-corrected chi connectivity index (χ2v) is 9.13. The number of fused-ring (bicyclic) bond motifs is 1. The normalized spacial score (nSPS) is 17.4. The number of nitrogens with zero attached hydrogens (tertiary/aromatic N) is 5. The lowest BCUT2D eigenvalue weighted by atomic mass is 10.1. The van der Waals surface area contributed by atoms with Gasteiger partial charge in [-0.2, -0.15) is 0 Å². The Morgan fingerprint density at radius 1 is 1.26 bits per heavy atom. The number of ether oxygens (including phenoxy) is 1. The Morgan fingerprint density at radius 2 is 2.15 bits per heavy atom. The number of methoxy groups -OCH3 is 1. The van der Waals surface area contributed by atoms with Crippen molar-refractivity contribution in [2.75, 3.05) is 30.4 Å². The third-order valence-electron chi connectivity index (χ3n) is 5.90. The van der Waals surface area contributed by atoms with Gasteiger partial charge in [0.2, 0.25) is 11.8 Å². The van der Waals surface area contributed by atoms with E-state index in [9.17, 15) is 14.4 Å². The van der Waals surface area contributed by atoms with Crippen LogP contribution in [0.2, 0.25) is 0 Å². The van der Waals surface area contributed by atoms with Crippen LogP contribution in [-0.4, -0.2) is 57.8 Å². The highest BCUT2D eigenvalue weighted by Gasteiger charge is 2.38. The van der Waals surface area contributed by atoms with E-state index in [0.717, 1.165) is 16.3 Å². The summed E-state index contributed by atoms with van der Waals surface area (Å²) in [6, 6.07) is 7.28. The number of benzene rings is 1. The maximum atomic E-state index is 13.2. The van der Waals surface area contributed by atoms with Gasteiger partial charge in [-0.15, -0.1) is 0 Å². The van der Waals surface area contributed by atoms with Crippen molar-refractivity contribution in [3.63, 3.8) is 0 Å². The number of thiazole rings is 1. The molecule has 3 amide bonds. The van der Waals surface area contributed by atoms with Gasteiger partial charge in [0.05, 0.1) is 31.5 Å². The standard InChI is InChI=1S/C23H22N6O4S/c1-33-16-4-2-3-15(10-16)29-12-14(9-20(29)30)22(32)28-8-5-17-19(13-28)34-23(26-17)27-21(31)18-11-24-6-7-25-18/h2-4,6-7,10-11,14H,5,8-9,12-13H2,1H3,(H,26,27,31). The number of rotatable bonds is 5. The fraction of sp³-hybridized carbons (Fsp3) is 0.304. The molecule has 11 heteroatoms. The van der Waals surface area contributed by atoms with E-state index < -0.39 is 5.92 Å². The van der Waals surface area contributed by atoms with Crippen molar-refractivity contribution in [1.82, 2.24) is 19.9 Å². The third-order valence-corrected chi connectivity index (χ3v) is 6.90. The highest BCUT2D eigenvalue weighted by Crippen LogP contribution is 2.32. The fourth-order valence-corrected chi connectivity index (χ4v) is 5.19. The maximum Gasteiger partial charge on any atom is 0.277 e. The molecule has 0 radical (unpaired) electrons. The Balaban J connectivity index is 1.24. The summed E-state index contributed by atoms with van der Waals surface area (Å²) in [6.07, 6.45) is 5.12. The van der Waals surface area contributed by atoms with Crippen LogP contribution >= 0.6 is 11.3 Å². The molecule has 4 heterocycles. The van der Waals surface area contributed by atoms with Gasteiger partial charge < -0.3 is 14.5 Å². The average Bonchev–Trinajstić information content (AvgIpc) is 3.46. The number of amides is 3. The Morgan fingerprint density at radius 3 is 2.94 bits per heavy atom. The first-order chi connectivity index (χ1) is 16.5. The first-order valence-electron chi connectivity index (χ1n) is 10.8. The molecule has 2 aliphatic heterocycles. The second-order valence-electron chi connectivity index (χ2n) is 8.05. The van der Waals surface area contributed by atoms with Gasteiger partial charge in [0, 0.05) is 55.0 Å². The molecule has 0 spiro atoms. The van der Waals surface area contributed by atoms with Gasteiger partial charge in [0.15, 0.2) is 5.13 Å². The molecule has 34 heavy (non-hydrogen) atoms. The van der Waals surface area contributed by atoms with Crippen LogP contribution in [0.5, 0.6) is 5.75 Å². The lowest BCUT2D eigenvalue weighted by Crippen LogP contribution is -2.40. The van der Waals surface area contributed by atoms with Gasteiger partial charge in [0.25, 0.3) is 5.91 Å². The summed E-state index contributed by atoms with van der Waals surface area (Å²) >= 11 is 1.35. The zero-order valence-corrected chi connectivity index (χ0v) is 19.2. The van der Waals surface area contributed by atoms with Gasteiger partial charge in [-0.1, -0.05) is 17.4 Å². The Bertz CT molecular complexity index is 1250. The molecule has 1 fully saturated rings. The summed E-state index contributed by atoms with van der Waals surface area (Å²) in [7, 11) is 1.58. The summed E-state index contributed by atoms with van der Waals surface area (Å²) < 4.78 is 5.25. The molecular weight excluding hydrogens is 456 g/mol. The van der Waals surface area contributed by atoms with E-state index in [1.165, 1.54) is 29.9 Å². The number of aromatic nitrogens is 3. The van der Waals surface area contributed by atoms with E-state index in [-0.39, 0.29) is 29.8 Å².